The van der Waals surface area contributed by atoms with Crippen molar-refractivity contribution in [1.82, 2.24) is 9.97 Å². The molecule has 110 valence electrons. The van der Waals surface area contributed by atoms with Crippen LogP contribution in [0.15, 0.2) is 29.6 Å². The molecule has 0 radical (unpaired) electrons. The fourth-order valence-electron chi connectivity index (χ4n) is 1.91. The molecular formula is C15H16N2O3S. The monoisotopic (exact) mass is 304 g/mol. The number of benzene rings is 1. The minimum Gasteiger partial charge on any atom is -0.496 e. The zero-order valence-electron chi connectivity index (χ0n) is 12.1. The molecule has 0 unspecified atom stereocenters. The van der Waals surface area contributed by atoms with Crippen molar-refractivity contribution in [2.45, 2.75) is 11.4 Å². The number of aromatic nitrogens is 2. The molecule has 0 N–H and O–H groups in total. The minimum absolute atomic E-state index is 0.220. The third kappa shape index (κ3) is 3.52. The topological polar surface area (TPSA) is 61.3 Å². The van der Waals surface area contributed by atoms with Crippen molar-refractivity contribution in [2.75, 3.05) is 20.5 Å². The van der Waals surface area contributed by atoms with Crippen LogP contribution in [0.2, 0.25) is 0 Å². The molecule has 1 aromatic heterocycles. The summed E-state index contributed by atoms with van der Waals surface area (Å²) in [7, 11) is 2.98. The third-order valence-corrected chi connectivity index (χ3v) is 3.67. The van der Waals surface area contributed by atoms with Crippen molar-refractivity contribution in [1.29, 1.82) is 0 Å². The third-order valence-electron chi connectivity index (χ3n) is 2.95. The molecule has 0 aliphatic carbocycles. The van der Waals surface area contributed by atoms with Crippen LogP contribution in [0.4, 0.5) is 0 Å². The largest absolute Gasteiger partial charge is 0.496 e. The fraction of sp³-hybridized carbons (Fsp3) is 0.267. The van der Waals surface area contributed by atoms with E-state index in [2.05, 4.69) is 14.7 Å². The van der Waals surface area contributed by atoms with Crippen LogP contribution in [0.25, 0.3) is 17.0 Å². The molecule has 5 nitrogen and oxygen atoms in total. The highest BCUT2D eigenvalue weighted by Crippen LogP contribution is 2.30. The van der Waals surface area contributed by atoms with Gasteiger partial charge in [-0.25, -0.2) is 9.97 Å². The van der Waals surface area contributed by atoms with E-state index in [0.29, 0.717) is 5.75 Å². The molecule has 0 fully saturated rings. The first kappa shape index (κ1) is 15.3. The van der Waals surface area contributed by atoms with Gasteiger partial charge in [-0.2, -0.15) is 0 Å². The van der Waals surface area contributed by atoms with Gasteiger partial charge in [-0.1, -0.05) is 12.2 Å². The summed E-state index contributed by atoms with van der Waals surface area (Å²) in [6, 6.07) is 3.84. The molecule has 1 aromatic carbocycles. The predicted octanol–water partition coefficient (Wildman–Crippen LogP) is 2.94. The fourth-order valence-corrected chi connectivity index (χ4v) is 2.45. The number of hydrogen-bond donors (Lipinski definition) is 0. The van der Waals surface area contributed by atoms with E-state index in [0.717, 1.165) is 21.5 Å². The molecule has 0 atom stereocenters. The molecule has 6 heteroatoms. The van der Waals surface area contributed by atoms with Crippen LogP contribution >= 0.6 is 11.8 Å². The number of methoxy groups -OCH3 is 2. The van der Waals surface area contributed by atoms with Gasteiger partial charge in [0.25, 0.3) is 0 Å². The molecule has 2 rings (SSSR count). The standard InChI is InChI=1S/C15H16N2O3S/c1-19-13-8-11-12(16-9-17-15(11)21-3)7-10(13)5-4-6-14(18)20-2/h4-5,7-9H,6H2,1-3H3. The second kappa shape index (κ2) is 7.08. The highest BCUT2D eigenvalue weighted by molar-refractivity contribution is 7.98. The van der Waals surface area contributed by atoms with Gasteiger partial charge >= 0.3 is 5.97 Å². The Bertz CT molecular complexity index is 686. The predicted molar refractivity (Wildman–Crippen MR) is 83.5 cm³/mol. The summed E-state index contributed by atoms with van der Waals surface area (Å²) in [6.45, 7) is 0. The van der Waals surface area contributed by atoms with Crippen LogP contribution in [-0.2, 0) is 9.53 Å². The summed E-state index contributed by atoms with van der Waals surface area (Å²) in [6.07, 6.45) is 7.31. The first-order valence-corrected chi connectivity index (χ1v) is 7.52. The Kier molecular flexibility index (Phi) is 5.16. The number of hydrogen-bond acceptors (Lipinski definition) is 6. The zero-order chi connectivity index (χ0) is 15.2. The van der Waals surface area contributed by atoms with E-state index < -0.39 is 0 Å². The molecule has 0 spiro atoms. The summed E-state index contributed by atoms with van der Waals surface area (Å²) in [5.41, 5.74) is 1.70. The second-order valence-corrected chi connectivity index (χ2v) is 4.97. The lowest BCUT2D eigenvalue weighted by Crippen LogP contribution is -1.97. The van der Waals surface area contributed by atoms with E-state index in [4.69, 9.17) is 4.74 Å². The van der Waals surface area contributed by atoms with Crippen molar-refractivity contribution in [3.8, 4) is 5.75 Å². The van der Waals surface area contributed by atoms with Gasteiger partial charge in [-0.3, -0.25) is 4.79 Å². The number of carbonyl (C=O) groups excluding carboxylic acids is 1. The average Bonchev–Trinajstić information content (AvgIpc) is 2.53. The quantitative estimate of drug-likeness (QED) is 0.481. The molecule has 0 aliphatic heterocycles. The van der Waals surface area contributed by atoms with Crippen LogP contribution < -0.4 is 4.74 Å². The van der Waals surface area contributed by atoms with Crippen molar-refractivity contribution in [2.24, 2.45) is 0 Å². The second-order valence-electron chi connectivity index (χ2n) is 4.18. The Morgan fingerprint density at radius 2 is 2.14 bits per heavy atom. The van der Waals surface area contributed by atoms with Crippen molar-refractivity contribution in [3.63, 3.8) is 0 Å². The van der Waals surface area contributed by atoms with Gasteiger partial charge in [0.2, 0.25) is 0 Å². The minimum atomic E-state index is -0.280. The van der Waals surface area contributed by atoms with E-state index in [1.807, 2.05) is 24.5 Å². The SMILES string of the molecule is COC(=O)CC=Cc1cc2ncnc(SC)c2cc1OC. The van der Waals surface area contributed by atoms with E-state index in [-0.39, 0.29) is 12.4 Å². The molecule has 0 amide bonds. The van der Waals surface area contributed by atoms with E-state index in [9.17, 15) is 4.79 Å². The highest BCUT2D eigenvalue weighted by atomic mass is 32.2. The van der Waals surface area contributed by atoms with Crippen LogP contribution in [0.1, 0.15) is 12.0 Å². The smallest absolute Gasteiger partial charge is 0.309 e. The van der Waals surface area contributed by atoms with Crippen LogP contribution in [0, 0.1) is 0 Å². The zero-order valence-corrected chi connectivity index (χ0v) is 12.9. The molecule has 21 heavy (non-hydrogen) atoms. The summed E-state index contributed by atoms with van der Waals surface area (Å²) >= 11 is 1.56. The number of thioether (sulfide) groups is 1. The summed E-state index contributed by atoms with van der Waals surface area (Å²) in [5, 5.41) is 1.86. The van der Waals surface area contributed by atoms with Crippen molar-refractivity contribution >= 4 is 34.7 Å². The lowest BCUT2D eigenvalue weighted by atomic mass is 10.1. The average molecular weight is 304 g/mol. The number of rotatable bonds is 5. The molecule has 0 aliphatic rings. The Hall–Kier alpha value is -2.08. The van der Waals surface area contributed by atoms with Gasteiger partial charge in [0.05, 0.1) is 26.2 Å². The summed E-state index contributed by atoms with van der Waals surface area (Å²) in [4.78, 5) is 19.6. The maximum atomic E-state index is 11.1. The number of esters is 1. The van der Waals surface area contributed by atoms with Crippen molar-refractivity contribution < 1.29 is 14.3 Å². The maximum absolute atomic E-state index is 11.1. The Morgan fingerprint density at radius 1 is 1.33 bits per heavy atom. The number of fused-ring (bicyclic) bond motifs is 1. The van der Waals surface area contributed by atoms with Gasteiger partial charge in [-0.05, 0) is 18.4 Å². The number of ether oxygens (including phenoxy) is 2. The van der Waals surface area contributed by atoms with E-state index in [1.54, 1.807) is 31.3 Å². The first-order valence-electron chi connectivity index (χ1n) is 6.29. The van der Waals surface area contributed by atoms with Gasteiger partial charge in [-0.15, -0.1) is 11.8 Å². The van der Waals surface area contributed by atoms with Gasteiger partial charge in [0.15, 0.2) is 0 Å². The van der Waals surface area contributed by atoms with Crippen molar-refractivity contribution in [3.05, 3.63) is 30.1 Å². The normalized spacial score (nSPS) is 11.0. The van der Waals surface area contributed by atoms with E-state index >= 15 is 0 Å². The van der Waals surface area contributed by atoms with E-state index in [1.165, 1.54) is 7.11 Å². The molecule has 2 aromatic rings. The summed E-state index contributed by atoms with van der Waals surface area (Å²) < 4.78 is 10.0. The van der Waals surface area contributed by atoms with Gasteiger partial charge in [0, 0.05) is 10.9 Å². The molecule has 0 saturated carbocycles. The molecule has 0 bridgehead atoms. The van der Waals surface area contributed by atoms with Crippen LogP contribution in [0.3, 0.4) is 0 Å². The lowest BCUT2D eigenvalue weighted by Gasteiger charge is -2.08. The highest BCUT2D eigenvalue weighted by Gasteiger charge is 2.08. The Balaban J connectivity index is 2.42. The first-order chi connectivity index (χ1) is 10.2. The summed E-state index contributed by atoms with van der Waals surface area (Å²) in [5.74, 6) is 0.437. The molecule has 0 saturated heterocycles. The maximum Gasteiger partial charge on any atom is 0.309 e. The van der Waals surface area contributed by atoms with Gasteiger partial charge in [0.1, 0.15) is 17.1 Å². The Labute approximate surface area is 127 Å². The Morgan fingerprint density at radius 3 is 2.81 bits per heavy atom. The number of nitrogens with zero attached hydrogens (tertiary/aromatic N) is 2. The van der Waals surface area contributed by atoms with Crippen LogP contribution in [0.5, 0.6) is 5.75 Å². The molecular weight excluding hydrogens is 288 g/mol. The van der Waals surface area contributed by atoms with Crippen LogP contribution in [-0.4, -0.2) is 36.4 Å². The lowest BCUT2D eigenvalue weighted by molar-refractivity contribution is -0.139. The molecule has 1 heterocycles. The van der Waals surface area contributed by atoms with Gasteiger partial charge < -0.3 is 9.47 Å². The number of carbonyl (C=O) groups is 1.